The zero-order valence-corrected chi connectivity index (χ0v) is 11.6. The maximum Gasteiger partial charge on any atom is 0.174 e. The lowest BCUT2D eigenvalue weighted by atomic mass is 10.2. The van der Waals surface area contributed by atoms with Gasteiger partial charge in [0.1, 0.15) is 5.82 Å². The highest BCUT2D eigenvalue weighted by molar-refractivity contribution is 8.01. The number of aliphatic hydroxyl groups is 1. The molecule has 90 valence electrons. The first-order chi connectivity index (χ1) is 8.24. The Morgan fingerprint density at radius 2 is 2.29 bits per heavy atom. The van der Waals surface area contributed by atoms with Crippen molar-refractivity contribution in [3.63, 3.8) is 0 Å². The Morgan fingerprint density at radius 1 is 1.47 bits per heavy atom. The van der Waals surface area contributed by atoms with Crippen molar-refractivity contribution in [3.05, 3.63) is 34.6 Å². The van der Waals surface area contributed by atoms with E-state index < -0.39 is 0 Å². The molecule has 0 radical (unpaired) electrons. The van der Waals surface area contributed by atoms with Crippen molar-refractivity contribution < 1.29 is 5.11 Å². The summed E-state index contributed by atoms with van der Waals surface area (Å²) in [5.41, 5.74) is 0.816. The van der Waals surface area contributed by atoms with Gasteiger partial charge in [-0.15, -0.1) is 0 Å². The highest BCUT2D eigenvalue weighted by Crippen LogP contribution is 2.36. The van der Waals surface area contributed by atoms with Crippen molar-refractivity contribution in [2.75, 3.05) is 0 Å². The van der Waals surface area contributed by atoms with Crippen LogP contribution in [0.4, 0.5) is 0 Å². The summed E-state index contributed by atoms with van der Waals surface area (Å²) in [6, 6.07) is 5.50. The van der Waals surface area contributed by atoms with E-state index in [4.69, 9.17) is 11.6 Å². The molecular formula is C11H11ClN2OS2. The summed E-state index contributed by atoms with van der Waals surface area (Å²) >= 11 is 8.94. The predicted octanol–water partition coefficient (Wildman–Crippen LogP) is 3.40. The number of halogens is 1. The fraction of sp³-hybridized carbons (Fsp3) is 0.273. The molecule has 0 fully saturated rings. The largest absolute Gasteiger partial charge is 0.392 e. The summed E-state index contributed by atoms with van der Waals surface area (Å²) < 4.78 is 5.07. The lowest BCUT2D eigenvalue weighted by molar-refractivity contribution is 0.279. The summed E-state index contributed by atoms with van der Waals surface area (Å²) in [6.45, 7) is 1.99. The van der Waals surface area contributed by atoms with Crippen LogP contribution in [0.2, 0.25) is 5.02 Å². The monoisotopic (exact) mass is 286 g/mol. The van der Waals surface area contributed by atoms with Crippen molar-refractivity contribution in [1.29, 1.82) is 0 Å². The number of rotatable bonds is 4. The highest BCUT2D eigenvalue weighted by atomic mass is 35.5. The lowest BCUT2D eigenvalue weighted by Crippen LogP contribution is -1.88. The van der Waals surface area contributed by atoms with Gasteiger partial charge in [0.05, 0.1) is 11.6 Å². The molecule has 0 unspecified atom stereocenters. The minimum Gasteiger partial charge on any atom is -0.392 e. The van der Waals surface area contributed by atoms with Gasteiger partial charge >= 0.3 is 0 Å². The average molecular weight is 287 g/mol. The van der Waals surface area contributed by atoms with Crippen LogP contribution < -0.4 is 0 Å². The number of aromatic nitrogens is 2. The van der Waals surface area contributed by atoms with E-state index in [0.717, 1.165) is 27.0 Å². The molecular weight excluding hydrogens is 276 g/mol. The molecule has 1 heterocycles. The van der Waals surface area contributed by atoms with E-state index in [1.165, 1.54) is 23.3 Å². The van der Waals surface area contributed by atoms with Gasteiger partial charge in [-0.25, -0.2) is 4.98 Å². The van der Waals surface area contributed by atoms with Gasteiger partial charge < -0.3 is 5.11 Å². The summed E-state index contributed by atoms with van der Waals surface area (Å²) in [6.07, 6.45) is 0.826. The Bertz CT molecular complexity index is 516. The lowest BCUT2D eigenvalue weighted by Gasteiger charge is -2.06. The van der Waals surface area contributed by atoms with E-state index in [0.29, 0.717) is 5.02 Å². The van der Waals surface area contributed by atoms with E-state index in [9.17, 15) is 5.11 Å². The van der Waals surface area contributed by atoms with Crippen molar-refractivity contribution in [1.82, 2.24) is 9.36 Å². The standard InChI is InChI=1S/C11H11ClN2OS2/c1-2-9-13-11(17-14-9)16-10-7(6-15)4-3-5-8(10)12/h3-5,15H,2,6H2,1H3. The third kappa shape index (κ3) is 2.98. The van der Waals surface area contributed by atoms with Crippen molar-refractivity contribution in [2.45, 2.75) is 29.2 Å². The molecule has 3 nitrogen and oxygen atoms in total. The predicted molar refractivity (Wildman–Crippen MR) is 70.8 cm³/mol. The molecule has 6 heteroatoms. The molecule has 2 rings (SSSR count). The van der Waals surface area contributed by atoms with Gasteiger partial charge in [-0.05, 0) is 23.2 Å². The zero-order valence-electron chi connectivity index (χ0n) is 9.18. The van der Waals surface area contributed by atoms with Crippen LogP contribution in [0.15, 0.2) is 27.4 Å². The van der Waals surface area contributed by atoms with E-state index in [1.807, 2.05) is 25.1 Å². The molecule has 0 atom stereocenters. The van der Waals surface area contributed by atoms with Crippen LogP contribution >= 0.6 is 34.9 Å². The minimum atomic E-state index is -0.0255. The summed E-state index contributed by atoms with van der Waals surface area (Å²) in [5.74, 6) is 0.843. The molecule has 0 saturated heterocycles. The quantitative estimate of drug-likeness (QED) is 0.936. The molecule has 0 amide bonds. The number of nitrogens with zero attached hydrogens (tertiary/aromatic N) is 2. The fourth-order valence-corrected chi connectivity index (χ4v) is 3.38. The molecule has 0 saturated carbocycles. The SMILES string of the molecule is CCc1nsc(Sc2c(Cl)cccc2CO)n1. The van der Waals surface area contributed by atoms with Crippen LogP contribution in [0.25, 0.3) is 0 Å². The van der Waals surface area contributed by atoms with Crippen LogP contribution in [0.1, 0.15) is 18.3 Å². The Labute approximate surface area is 113 Å². The first kappa shape index (κ1) is 12.8. The number of hydrogen-bond acceptors (Lipinski definition) is 5. The van der Waals surface area contributed by atoms with Gasteiger partial charge in [0, 0.05) is 11.3 Å². The molecule has 0 aliphatic carbocycles. The molecule has 1 aromatic carbocycles. The van der Waals surface area contributed by atoms with E-state index in [2.05, 4.69) is 9.36 Å². The summed E-state index contributed by atoms with van der Waals surface area (Å²) in [7, 11) is 0. The number of aryl methyl sites for hydroxylation is 1. The average Bonchev–Trinajstić information content (AvgIpc) is 2.79. The van der Waals surface area contributed by atoms with Crippen LogP contribution in [-0.2, 0) is 13.0 Å². The molecule has 1 N–H and O–H groups in total. The first-order valence-electron chi connectivity index (χ1n) is 5.13. The second-order valence-corrected chi connectivity index (χ2v) is 5.73. The van der Waals surface area contributed by atoms with Crippen LogP contribution in [0.5, 0.6) is 0 Å². The summed E-state index contributed by atoms with van der Waals surface area (Å²) in [5, 5.41) is 9.90. The van der Waals surface area contributed by atoms with Gasteiger partial charge in [0.15, 0.2) is 4.34 Å². The molecule has 0 aliphatic rings. The van der Waals surface area contributed by atoms with Crippen LogP contribution in [0.3, 0.4) is 0 Å². The topological polar surface area (TPSA) is 46.0 Å². The van der Waals surface area contributed by atoms with Gasteiger partial charge in [0.2, 0.25) is 0 Å². The van der Waals surface area contributed by atoms with Gasteiger partial charge in [-0.3, -0.25) is 0 Å². The molecule has 1 aromatic heterocycles. The highest BCUT2D eigenvalue weighted by Gasteiger charge is 2.11. The Balaban J connectivity index is 2.28. The Morgan fingerprint density at radius 3 is 2.94 bits per heavy atom. The third-order valence-electron chi connectivity index (χ3n) is 2.17. The van der Waals surface area contributed by atoms with E-state index in [1.54, 1.807) is 0 Å². The normalized spacial score (nSPS) is 10.8. The van der Waals surface area contributed by atoms with Crippen molar-refractivity contribution >= 4 is 34.9 Å². The van der Waals surface area contributed by atoms with Crippen molar-refractivity contribution in [2.24, 2.45) is 0 Å². The second kappa shape index (κ2) is 5.82. The first-order valence-corrected chi connectivity index (χ1v) is 7.10. The fourth-order valence-electron chi connectivity index (χ4n) is 1.30. The molecule has 0 bridgehead atoms. The maximum atomic E-state index is 9.27. The third-order valence-corrected chi connectivity index (χ3v) is 4.58. The van der Waals surface area contributed by atoms with E-state index in [-0.39, 0.29) is 6.61 Å². The Hall–Kier alpha value is -0.620. The number of hydrogen-bond donors (Lipinski definition) is 1. The Kier molecular flexibility index (Phi) is 4.39. The second-order valence-electron chi connectivity index (χ2n) is 3.32. The molecule has 0 spiro atoms. The zero-order chi connectivity index (χ0) is 12.3. The van der Waals surface area contributed by atoms with E-state index >= 15 is 0 Å². The number of benzene rings is 1. The smallest absolute Gasteiger partial charge is 0.174 e. The maximum absolute atomic E-state index is 9.27. The van der Waals surface area contributed by atoms with Crippen LogP contribution in [-0.4, -0.2) is 14.5 Å². The molecule has 2 aromatic rings. The molecule has 0 aliphatic heterocycles. The van der Waals surface area contributed by atoms with Gasteiger partial charge in [-0.2, -0.15) is 4.37 Å². The molecule has 17 heavy (non-hydrogen) atoms. The van der Waals surface area contributed by atoms with Crippen molar-refractivity contribution in [3.8, 4) is 0 Å². The summed E-state index contributed by atoms with van der Waals surface area (Å²) in [4.78, 5) is 5.23. The van der Waals surface area contributed by atoms with Crippen LogP contribution in [0, 0.1) is 0 Å². The van der Waals surface area contributed by atoms with Gasteiger partial charge in [0.25, 0.3) is 0 Å². The number of aliphatic hydroxyl groups excluding tert-OH is 1. The van der Waals surface area contributed by atoms with Gasteiger partial charge in [-0.1, -0.05) is 42.4 Å². The minimum absolute atomic E-state index is 0.0255.